The van der Waals surface area contributed by atoms with E-state index in [-0.39, 0.29) is 0 Å². The highest BCUT2D eigenvalue weighted by Crippen LogP contribution is 2.13. The van der Waals surface area contributed by atoms with E-state index in [9.17, 15) is 4.79 Å². The van der Waals surface area contributed by atoms with Gasteiger partial charge in [-0.1, -0.05) is 12.2 Å². The minimum absolute atomic E-state index is 0.466. The molecule has 1 rings (SSSR count). The summed E-state index contributed by atoms with van der Waals surface area (Å²) < 4.78 is 5.15. The molecule has 0 fully saturated rings. The van der Waals surface area contributed by atoms with E-state index in [0.29, 0.717) is 10.7 Å². The van der Waals surface area contributed by atoms with Gasteiger partial charge < -0.3 is 10.1 Å². The Morgan fingerprint density at radius 2 is 1.78 bits per heavy atom. The van der Waals surface area contributed by atoms with Gasteiger partial charge in [0.2, 0.25) is 0 Å². The molecule has 0 aliphatic rings. The topological polar surface area (TPSA) is 50.4 Å². The summed E-state index contributed by atoms with van der Waals surface area (Å²) in [6, 6.07) is 7.24. The number of ether oxygens (including phenoxy) is 1. The van der Waals surface area contributed by atoms with E-state index < -0.39 is 11.7 Å². The number of amides is 1. The molecule has 0 saturated carbocycles. The molecule has 18 heavy (non-hydrogen) atoms. The second kappa shape index (κ2) is 5.82. The van der Waals surface area contributed by atoms with E-state index in [1.54, 1.807) is 19.2 Å². The summed E-state index contributed by atoms with van der Waals surface area (Å²) >= 11 is 5.10. The normalized spacial score (nSPS) is 10.7. The Balaban J connectivity index is 2.64. The summed E-state index contributed by atoms with van der Waals surface area (Å²) in [4.78, 5) is 12.2. The zero-order chi connectivity index (χ0) is 13.8. The SMILES string of the molecule is CNC(=S)c1ccc(NC(=O)OC(C)(C)C)cc1. The van der Waals surface area contributed by atoms with Crippen LogP contribution in [0.2, 0.25) is 0 Å². The average molecular weight is 266 g/mol. The first kappa shape index (κ1) is 14.4. The van der Waals surface area contributed by atoms with Crippen LogP contribution in [-0.2, 0) is 4.74 Å². The third-order valence-electron chi connectivity index (χ3n) is 2.02. The van der Waals surface area contributed by atoms with Gasteiger partial charge in [-0.3, -0.25) is 5.32 Å². The zero-order valence-corrected chi connectivity index (χ0v) is 11.9. The van der Waals surface area contributed by atoms with Crippen LogP contribution in [0.4, 0.5) is 10.5 Å². The van der Waals surface area contributed by atoms with Gasteiger partial charge in [0.15, 0.2) is 0 Å². The summed E-state index contributed by atoms with van der Waals surface area (Å²) in [5.41, 5.74) is 1.08. The Morgan fingerprint density at radius 1 is 1.22 bits per heavy atom. The van der Waals surface area contributed by atoms with Crippen LogP contribution in [-0.4, -0.2) is 23.7 Å². The quantitative estimate of drug-likeness (QED) is 0.808. The van der Waals surface area contributed by atoms with Gasteiger partial charge in [-0.05, 0) is 45.0 Å². The monoisotopic (exact) mass is 266 g/mol. The molecule has 0 bridgehead atoms. The molecule has 1 aromatic rings. The number of hydrogen-bond donors (Lipinski definition) is 2. The number of carbonyl (C=O) groups excluding carboxylic acids is 1. The highest BCUT2D eigenvalue weighted by atomic mass is 32.1. The Hall–Kier alpha value is -1.62. The van der Waals surface area contributed by atoms with Crippen LogP contribution in [0.5, 0.6) is 0 Å². The zero-order valence-electron chi connectivity index (χ0n) is 11.0. The summed E-state index contributed by atoms with van der Waals surface area (Å²) in [5, 5.41) is 5.55. The van der Waals surface area contributed by atoms with Crippen LogP contribution in [0.3, 0.4) is 0 Å². The van der Waals surface area contributed by atoms with Crippen LogP contribution in [0.25, 0.3) is 0 Å². The van der Waals surface area contributed by atoms with Crippen LogP contribution >= 0.6 is 12.2 Å². The molecule has 0 unspecified atom stereocenters. The highest BCUT2D eigenvalue weighted by molar-refractivity contribution is 7.80. The van der Waals surface area contributed by atoms with Crippen molar-refractivity contribution in [2.24, 2.45) is 0 Å². The minimum Gasteiger partial charge on any atom is -0.444 e. The molecule has 0 aliphatic carbocycles. The van der Waals surface area contributed by atoms with Crippen molar-refractivity contribution < 1.29 is 9.53 Å². The van der Waals surface area contributed by atoms with Crippen molar-refractivity contribution in [3.8, 4) is 0 Å². The molecule has 0 aromatic heterocycles. The lowest BCUT2D eigenvalue weighted by molar-refractivity contribution is 0.0636. The average Bonchev–Trinajstić information content (AvgIpc) is 2.26. The molecule has 1 amide bonds. The van der Waals surface area contributed by atoms with E-state index in [4.69, 9.17) is 17.0 Å². The van der Waals surface area contributed by atoms with E-state index in [1.807, 2.05) is 32.9 Å². The molecule has 98 valence electrons. The van der Waals surface area contributed by atoms with Gasteiger partial charge in [-0.15, -0.1) is 0 Å². The number of carbonyl (C=O) groups is 1. The Bertz CT molecular complexity index is 435. The number of rotatable bonds is 2. The van der Waals surface area contributed by atoms with Crippen molar-refractivity contribution in [1.82, 2.24) is 5.32 Å². The summed E-state index contributed by atoms with van der Waals surface area (Å²) in [7, 11) is 1.77. The first-order valence-corrected chi connectivity index (χ1v) is 6.05. The Morgan fingerprint density at radius 3 is 2.22 bits per heavy atom. The molecule has 0 radical (unpaired) electrons. The van der Waals surface area contributed by atoms with Crippen LogP contribution in [0, 0.1) is 0 Å². The first-order chi connectivity index (χ1) is 8.31. The van der Waals surface area contributed by atoms with Gasteiger partial charge in [0.1, 0.15) is 10.6 Å². The summed E-state index contributed by atoms with van der Waals surface area (Å²) in [6.07, 6.45) is -0.466. The molecule has 4 nitrogen and oxygen atoms in total. The molecule has 5 heteroatoms. The van der Waals surface area contributed by atoms with Crippen molar-refractivity contribution in [2.45, 2.75) is 26.4 Å². The molecule has 0 saturated heterocycles. The Kier molecular flexibility index (Phi) is 4.67. The molecular weight excluding hydrogens is 248 g/mol. The number of hydrogen-bond acceptors (Lipinski definition) is 3. The number of benzene rings is 1. The molecule has 0 heterocycles. The maximum atomic E-state index is 11.5. The molecule has 0 spiro atoms. The summed E-state index contributed by atoms with van der Waals surface area (Å²) in [6.45, 7) is 5.46. The van der Waals surface area contributed by atoms with Crippen molar-refractivity contribution in [3.05, 3.63) is 29.8 Å². The fourth-order valence-electron chi connectivity index (χ4n) is 1.27. The van der Waals surface area contributed by atoms with Crippen LogP contribution in [0.15, 0.2) is 24.3 Å². The smallest absolute Gasteiger partial charge is 0.412 e. The van der Waals surface area contributed by atoms with Crippen molar-refractivity contribution >= 4 is 29.0 Å². The van der Waals surface area contributed by atoms with Gasteiger partial charge >= 0.3 is 6.09 Å². The third kappa shape index (κ3) is 4.71. The predicted octanol–water partition coefficient (Wildman–Crippen LogP) is 2.93. The lowest BCUT2D eigenvalue weighted by Gasteiger charge is -2.19. The molecule has 0 aliphatic heterocycles. The van der Waals surface area contributed by atoms with Gasteiger partial charge in [0, 0.05) is 18.3 Å². The predicted molar refractivity (Wildman–Crippen MR) is 77.1 cm³/mol. The van der Waals surface area contributed by atoms with Gasteiger partial charge in [-0.25, -0.2) is 4.79 Å². The lowest BCUT2D eigenvalue weighted by atomic mass is 10.2. The van der Waals surface area contributed by atoms with Crippen LogP contribution in [0.1, 0.15) is 26.3 Å². The second-order valence-electron chi connectivity index (χ2n) is 4.78. The van der Waals surface area contributed by atoms with Crippen molar-refractivity contribution in [2.75, 3.05) is 12.4 Å². The molecule has 0 atom stereocenters. The number of thiocarbonyl (C=S) groups is 1. The standard InChI is InChI=1S/C13H18N2O2S/c1-13(2,3)17-12(16)15-10-7-5-9(6-8-10)11(18)14-4/h5-8H,1-4H3,(H,14,18)(H,15,16). The van der Waals surface area contributed by atoms with E-state index in [2.05, 4.69) is 10.6 Å². The molecule has 2 N–H and O–H groups in total. The fourth-order valence-corrected chi connectivity index (χ4v) is 1.41. The second-order valence-corrected chi connectivity index (χ2v) is 5.19. The van der Waals surface area contributed by atoms with E-state index in [0.717, 1.165) is 5.56 Å². The van der Waals surface area contributed by atoms with Crippen LogP contribution < -0.4 is 10.6 Å². The molecule has 1 aromatic carbocycles. The van der Waals surface area contributed by atoms with Gasteiger partial charge in [0.25, 0.3) is 0 Å². The largest absolute Gasteiger partial charge is 0.444 e. The van der Waals surface area contributed by atoms with Gasteiger partial charge in [0.05, 0.1) is 0 Å². The van der Waals surface area contributed by atoms with Gasteiger partial charge in [-0.2, -0.15) is 0 Å². The van der Waals surface area contributed by atoms with Crippen molar-refractivity contribution in [1.29, 1.82) is 0 Å². The van der Waals surface area contributed by atoms with E-state index in [1.165, 1.54) is 0 Å². The lowest BCUT2D eigenvalue weighted by Crippen LogP contribution is -2.27. The summed E-state index contributed by atoms with van der Waals surface area (Å²) in [5.74, 6) is 0. The Labute approximate surface area is 113 Å². The highest BCUT2D eigenvalue weighted by Gasteiger charge is 2.16. The molecular formula is C13H18N2O2S. The minimum atomic E-state index is -0.502. The maximum absolute atomic E-state index is 11.5. The maximum Gasteiger partial charge on any atom is 0.412 e. The fraction of sp³-hybridized carbons (Fsp3) is 0.385. The van der Waals surface area contributed by atoms with Crippen molar-refractivity contribution in [3.63, 3.8) is 0 Å². The number of anilines is 1. The third-order valence-corrected chi connectivity index (χ3v) is 2.46. The first-order valence-electron chi connectivity index (χ1n) is 5.64. The van der Waals surface area contributed by atoms with E-state index >= 15 is 0 Å². The number of nitrogens with one attached hydrogen (secondary N) is 2.